The Hall–Kier alpha value is -1.14. The average molecular weight is 276 g/mol. The van der Waals surface area contributed by atoms with Gasteiger partial charge in [-0.15, -0.1) is 0 Å². The number of nitrogens with one attached hydrogen (secondary N) is 2. The number of amides is 2. The van der Waals surface area contributed by atoms with Gasteiger partial charge in [-0.3, -0.25) is 9.59 Å². The van der Waals surface area contributed by atoms with Crippen molar-refractivity contribution >= 4 is 11.8 Å². The first-order chi connectivity index (χ1) is 9.16. The van der Waals surface area contributed by atoms with Crippen LogP contribution >= 0.6 is 0 Å². The zero-order valence-electron chi connectivity index (χ0n) is 12.6. The van der Waals surface area contributed by atoms with Crippen molar-refractivity contribution in [3.63, 3.8) is 0 Å². The molecule has 0 aromatic rings. The van der Waals surface area contributed by atoms with E-state index in [1.807, 2.05) is 20.8 Å². The highest BCUT2D eigenvalue weighted by atomic mass is 16.5. The molecule has 0 aromatic carbocycles. The van der Waals surface area contributed by atoms with Gasteiger partial charge < -0.3 is 20.1 Å². The molecule has 0 radical (unpaired) electrons. The molecule has 0 aliphatic carbocycles. The van der Waals surface area contributed by atoms with Crippen LogP contribution < -0.4 is 10.6 Å². The summed E-state index contributed by atoms with van der Waals surface area (Å²) < 4.78 is 10.4. The molecule has 0 rings (SSSR count). The molecule has 6 heteroatoms. The lowest BCUT2D eigenvalue weighted by atomic mass is 10.4. The van der Waals surface area contributed by atoms with Gasteiger partial charge in [-0.25, -0.2) is 0 Å². The summed E-state index contributed by atoms with van der Waals surface area (Å²) in [6, 6.07) is 0. The Balaban J connectivity index is 0. The first kappa shape index (κ1) is 20.2. The Morgan fingerprint density at radius 2 is 1.53 bits per heavy atom. The summed E-state index contributed by atoms with van der Waals surface area (Å²) in [5.41, 5.74) is 0. The molecule has 0 aliphatic heterocycles. The SMILES string of the molecule is CC.CCNC(=O)CCOCCOCCNC(C)=O. The second-order valence-corrected chi connectivity index (χ2v) is 3.41. The summed E-state index contributed by atoms with van der Waals surface area (Å²) in [6.45, 7) is 10.3. The summed E-state index contributed by atoms with van der Waals surface area (Å²) in [5, 5.41) is 5.30. The molecule has 19 heavy (non-hydrogen) atoms. The van der Waals surface area contributed by atoms with Gasteiger partial charge >= 0.3 is 0 Å². The molecule has 0 saturated heterocycles. The van der Waals surface area contributed by atoms with Crippen LogP contribution in [-0.4, -0.2) is 51.3 Å². The molecule has 0 fully saturated rings. The molecular weight excluding hydrogens is 248 g/mol. The molecule has 2 amide bonds. The van der Waals surface area contributed by atoms with Crippen molar-refractivity contribution in [2.45, 2.75) is 34.1 Å². The molecule has 0 heterocycles. The van der Waals surface area contributed by atoms with Gasteiger partial charge in [0.1, 0.15) is 0 Å². The normalized spacial score (nSPS) is 9.26. The summed E-state index contributed by atoms with van der Waals surface area (Å²) in [7, 11) is 0. The standard InChI is InChI=1S/C11H22N2O4.C2H6/c1-3-12-11(15)4-6-16-8-9-17-7-5-13-10(2)14;1-2/h3-9H2,1-2H3,(H,12,15)(H,13,14);1-2H3. The summed E-state index contributed by atoms with van der Waals surface area (Å²) in [6.07, 6.45) is 0.375. The zero-order chi connectivity index (χ0) is 14.9. The third kappa shape index (κ3) is 19.4. The van der Waals surface area contributed by atoms with Gasteiger partial charge in [-0.1, -0.05) is 13.8 Å². The van der Waals surface area contributed by atoms with E-state index < -0.39 is 0 Å². The monoisotopic (exact) mass is 276 g/mol. The molecule has 0 saturated carbocycles. The van der Waals surface area contributed by atoms with E-state index in [0.29, 0.717) is 45.9 Å². The quantitative estimate of drug-likeness (QED) is 0.576. The Morgan fingerprint density at radius 3 is 2.05 bits per heavy atom. The van der Waals surface area contributed by atoms with Gasteiger partial charge in [0.25, 0.3) is 0 Å². The molecule has 6 nitrogen and oxygen atoms in total. The average Bonchev–Trinajstić information content (AvgIpc) is 2.39. The molecular formula is C13H28N2O4. The third-order valence-corrected chi connectivity index (χ3v) is 1.84. The van der Waals surface area contributed by atoms with Gasteiger partial charge in [0, 0.05) is 26.4 Å². The van der Waals surface area contributed by atoms with Gasteiger partial charge in [0.15, 0.2) is 0 Å². The number of hydrogen-bond acceptors (Lipinski definition) is 4. The van der Waals surface area contributed by atoms with Crippen LogP contribution in [0.15, 0.2) is 0 Å². The molecule has 0 unspecified atom stereocenters. The van der Waals surface area contributed by atoms with Crippen molar-refractivity contribution in [1.82, 2.24) is 10.6 Å². The van der Waals surface area contributed by atoms with Crippen LogP contribution in [0.2, 0.25) is 0 Å². The molecule has 0 aromatic heterocycles. The third-order valence-electron chi connectivity index (χ3n) is 1.84. The fourth-order valence-electron chi connectivity index (χ4n) is 1.07. The van der Waals surface area contributed by atoms with Gasteiger partial charge in [-0.05, 0) is 6.92 Å². The van der Waals surface area contributed by atoms with Crippen molar-refractivity contribution < 1.29 is 19.1 Å². The first-order valence-corrected chi connectivity index (χ1v) is 6.83. The maximum atomic E-state index is 11.0. The molecule has 0 aliphatic rings. The first-order valence-electron chi connectivity index (χ1n) is 6.83. The Labute approximate surface area is 116 Å². The number of carbonyl (C=O) groups excluding carboxylic acids is 2. The van der Waals surface area contributed by atoms with E-state index in [1.165, 1.54) is 6.92 Å². The van der Waals surface area contributed by atoms with E-state index in [9.17, 15) is 9.59 Å². The van der Waals surface area contributed by atoms with Gasteiger partial charge in [-0.2, -0.15) is 0 Å². The number of hydrogen-bond donors (Lipinski definition) is 2. The maximum Gasteiger partial charge on any atom is 0.222 e. The molecule has 0 spiro atoms. The lowest BCUT2D eigenvalue weighted by molar-refractivity contribution is -0.122. The fraction of sp³-hybridized carbons (Fsp3) is 0.846. The Kier molecular flexibility index (Phi) is 17.9. The zero-order valence-corrected chi connectivity index (χ0v) is 12.6. The number of carbonyl (C=O) groups is 2. The predicted molar refractivity (Wildman–Crippen MR) is 75.0 cm³/mol. The van der Waals surface area contributed by atoms with Crippen LogP contribution in [0, 0.1) is 0 Å². The minimum Gasteiger partial charge on any atom is -0.379 e. The molecule has 114 valence electrons. The Bertz CT molecular complexity index is 223. The van der Waals surface area contributed by atoms with E-state index in [0.717, 1.165) is 0 Å². The minimum atomic E-state index is -0.0632. The molecule has 2 N–H and O–H groups in total. The highest BCUT2D eigenvalue weighted by Crippen LogP contribution is 1.84. The Morgan fingerprint density at radius 1 is 0.947 bits per heavy atom. The molecule has 0 atom stereocenters. The lowest BCUT2D eigenvalue weighted by Crippen LogP contribution is -2.25. The summed E-state index contributed by atoms with van der Waals surface area (Å²) in [5.74, 6) is -0.0640. The van der Waals surface area contributed by atoms with E-state index >= 15 is 0 Å². The number of ether oxygens (including phenoxy) is 2. The van der Waals surface area contributed by atoms with Crippen molar-refractivity contribution in [3.8, 4) is 0 Å². The topological polar surface area (TPSA) is 76.7 Å². The van der Waals surface area contributed by atoms with Crippen LogP contribution in [-0.2, 0) is 19.1 Å². The highest BCUT2D eigenvalue weighted by Gasteiger charge is 1.98. The van der Waals surface area contributed by atoms with Gasteiger partial charge in [0.2, 0.25) is 11.8 Å². The van der Waals surface area contributed by atoms with Crippen LogP contribution in [0.5, 0.6) is 0 Å². The second-order valence-electron chi connectivity index (χ2n) is 3.41. The minimum absolute atomic E-state index is 0.000855. The maximum absolute atomic E-state index is 11.0. The van der Waals surface area contributed by atoms with Gasteiger partial charge in [0.05, 0.1) is 26.4 Å². The van der Waals surface area contributed by atoms with E-state index in [2.05, 4.69) is 10.6 Å². The second kappa shape index (κ2) is 16.9. The van der Waals surface area contributed by atoms with Crippen LogP contribution in [0.4, 0.5) is 0 Å². The molecule has 0 bridgehead atoms. The smallest absolute Gasteiger partial charge is 0.222 e. The largest absolute Gasteiger partial charge is 0.379 e. The van der Waals surface area contributed by atoms with E-state index in [1.54, 1.807) is 0 Å². The van der Waals surface area contributed by atoms with E-state index in [-0.39, 0.29) is 11.8 Å². The van der Waals surface area contributed by atoms with Crippen molar-refractivity contribution in [2.75, 3.05) is 39.5 Å². The van der Waals surface area contributed by atoms with Crippen LogP contribution in [0.3, 0.4) is 0 Å². The van der Waals surface area contributed by atoms with Crippen LogP contribution in [0.25, 0.3) is 0 Å². The fourth-order valence-corrected chi connectivity index (χ4v) is 1.07. The van der Waals surface area contributed by atoms with E-state index in [4.69, 9.17) is 9.47 Å². The van der Waals surface area contributed by atoms with Crippen molar-refractivity contribution in [1.29, 1.82) is 0 Å². The van der Waals surface area contributed by atoms with Crippen LogP contribution in [0.1, 0.15) is 34.1 Å². The summed E-state index contributed by atoms with van der Waals surface area (Å²) in [4.78, 5) is 21.5. The van der Waals surface area contributed by atoms with Crippen molar-refractivity contribution in [2.24, 2.45) is 0 Å². The lowest BCUT2D eigenvalue weighted by Gasteiger charge is -2.06. The van der Waals surface area contributed by atoms with Crippen molar-refractivity contribution in [3.05, 3.63) is 0 Å². The predicted octanol–water partition coefficient (Wildman–Crippen LogP) is 0.708. The summed E-state index contributed by atoms with van der Waals surface area (Å²) >= 11 is 0. The highest BCUT2D eigenvalue weighted by molar-refractivity contribution is 5.75. The number of rotatable bonds is 10.